The van der Waals surface area contributed by atoms with Crippen LogP contribution in [0.1, 0.15) is 6.42 Å². The van der Waals surface area contributed by atoms with Crippen LogP contribution in [-0.2, 0) is 14.4 Å². The van der Waals surface area contributed by atoms with Crippen molar-refractivity contribution in [2.24, 2.45) is 5.16 Å². The van der Waals surface area contributed by atoms with Crippen LogP contribution in [0.4, 0.5) is 5.69 Å². The number of benzene rings is 1. The normalized spacial score (nSPS) is 17.6. The molecule has 0 bridgehead atoms. The third-order valence-corrected chi connectivity index (χ3v) is 3.22. The van der Waals surface area contributed by atoms with Crippen LogP contribution < -0.4 is 5.32 Å². The second-order valence-corrected chi connectivity index (χ2v) is 5.08. The Hall–Kier alpha value is -1.60. The number of amides is 1. The van der Waals surface area contributed by atoms with E-state index in [4.69, 9.17) is 21.5 Å². The van der Waals surface area contributed by atoms with Crippen molar-refractivity contribution in [2.45, 2.75) is 12.5 Å². The lowest BCUT2D eigenvalue weighted by Gasteiger charge is -2.10. The second-order valence-electron chi connectivity index (χ2n) is 3.75. The lowest BCUT2D eigenvalue weighted by atomic mass is 10.1. The molecule has 0 saturated heterocycles. The van der Waals surface area contributed by atoms with E-state index in [0.717, 1.165) is 4.47 Å². The van der Waals surface area contributed by atoms with Gasteiger partial charge in [0.2, 0.25) is 6.10 Å². The van der Waals surface area contributed by atoms with Crippen LogP contribution in [0.2, 0.25) is 5.02 Å². The Balaban J connectivity index is 2.03. The molecule has 2 rings (SSSR count). The average Bonchev–Trinajstić information content (AvgIpc) is 2.83. The summed E-state index contributed by atoms with van der Waals surface area (Å²) in [5.74, 6) is -1.70. The van der Waals surface area contributed by atoms with Gasteiger partial charge in [0.05, 0.1) is 10.7 Å². The molecule has 1 aliphatic heterocycles. The first-order chi connectivity index (χ1) is 8.97. The van der Waals surface area contributed by atoms with Crippen LogP contribution in [0.15, 0.2) is 27.8 Å². The fraction of sp³-hybridized carbons (Fsp3) is 0.182. The van der Waals surface area contributed by atoms with Crippen LogP contribution in [0.5, 0.6) is 0 Å². The van der Waals surface area contributed by atoms with E-state index in [1.807, 2.05) is 0 Å². The fourth-order valence-electron chi connectivity index (χ4n) is 1.45. The molecule has 1 amide bonds. The number of nitrogens with one attached hydrogen (secondary N) is 1. The highest BCUT2D eigenvalue weighted by atomic mass is 79.9. The molecule has 1 aromatic carbocycles. The molecule has 0 fully saturated rings. The van der Waals surface area contributed by atoms with E-state index in [9.17, 15) is 9.59 Å². The van der Waals surface area contributed by atoms with Crippen molar-refractivity contribution in [1.29, 1.82) is 0 Å². The number of oxime groups is 1. The van der Waals surface area contributed by atoms with Crippen LogP contribution in [0.3, 0.4) is 0 Å². The van der Waals surface area contributed by atoms with Crippen molar-refractivity contribution in [3.8, 4) is 0 Å². The average molecular weight is 348 g/mol. The first kappa shape index (κ1) is 13.8. The highest BCUT2D eigenvalue weighted by molar-refractivity contribution is 9.10. The number of carbonyl (C=O) groups is 2. The molecule has 1 unspecified atom stereocenters. The summed E-state index contributed by atoms with van der Waals surface area (Å²) in [6.45, 7) is 0. The molecule has 0 radical (unpaired) electrons. The SMILES string of the molecule is O=C(O)C1=NOC(C(=O)Nc2cc(Br)ccc2Cl)C1. The van der Waals surface area contributed by atoms with Crippen molar-refractivity contribution >= 4 is 50.8 Å². The van der Waals surface area contributed by atoms with Gasteiger partial charge in [0.25, 0.3) is 5.91 Å². The number of carboxylic acid groups (broad SMARTS) is 1. The molecule has 0 spiro atoms. The predicted octanol–water partition coefficient (Wildman–Crippen LogP) is 2.27. The summed E-state index contributed by atoms with van der Waals surface area (Å²) in [6, 6.07) is 4.99. The monoisotopic (exact) mass is 346 g/mol. The Labute approximate surface area is 121 Å². The van der Waals surface area contributed by atoms with Crippen molar-refractivity contribution in [3.63, 3.8) is 0 Å². The molecular weight excluding hydrogens is 339 g/mol. The molecule has 0 aromatic heterocycles. The van der Waals surface area contributed by atoms with Crippen molar-refractivity contribution in [3.05, 3.63) is 27.7 Å². The van der Waals surface area contributed by atoms with E-state index >= 15 is 0 Å². The molecule has 1 aromatic rings. The second kappa shape index (κ2) is 5.58. The lowest BCUT2D eigenvalue weighted by Crippen LogP contribution is -2.29. The Morgan fingerprint density at radius 2 is 2.26 bits per heavy atom. The first-order valence-corrected chi connectivity index (χ1v) is 6.36. The Morgan fingerprint density at radius 1 is 1.53 bits per heavy atom. The van der Waals surface area contributed by atoms with Gasteiger partial charge >= 0.3 is 5.97 Å². The molecule has 0 aliphatic carbocycles. The Bertz CT molecular complexity index is 576. The summed E-state index contributed by atoms with van der Waals surface area (Å²) < 4.78 is 0.752. The molecule has 19 heavy (non-hydrogen) atoms. The van der Waals surface area contributed by atoms with Gasteiger partial charge in [-0.05, 0) is 18.2 Å². The molecule has 0 saturated carbocycles. The van der Waals surface area contributed by atoms with Gasteiger partial charge in [-0.3, -0.25) is 4.79 Å². The van der Waals surface area contributed by atoms with Gasteiger partial charge in [0.15, 0.2) is 5.71 Å². The van der Waals surface area contributed by atoms with E-state index in [1.165, 1.54) is 0 Å². The fourth-order valence-corrected chi connectivity index (χ4v) is 1.98. The Morgan fingerprint density at radius 3 is 2.89 bits per heavy atom. The minimum Gasteiger partial charge on any atom is -0.477 e. The van der Waals surface area contributed by atoms with Gasteiger partial charge in [-0.15, -0.1) is 0 Å². The number of carbonyl (C=O) groups excluding carboxylic acids is 1. The van der Waals surface area contributed by atoms with E-state index in [1.54, 1.807) is 18.2 Å². The largest absolute Gasteiger partial charge is 0.477 e. The smallest absolute Gasteiger partial charge is 0.353 e. The molecule has 8 heteroatoms. The zero-order valence-corrected chi connectivity index (χ0v) is 11.7. The van der Waals surface area contributed by atoms with Crippen LogP contribution in [0.25, 0.3) is 0 Å². The minimum atomic E-state index is -1.20. The lowest BCUT2D eigenvalue weighted by molar-refractivity contribution is -0.129. The molecule has 100 valence electrons. The summed E-state index contributed by atoms with van der Waals surface area (Å²) in [4.78, 5) is 27.3. The summed E-state index contributed by atoms with van der Waals surface area (Å²) in [5.41, 5.74) is 0.230. The minimum absolute atomic E-state index is 0.0766. The van der Waals surface area contributed by atoms with Gasteiger partial charge in [-0.2, -0.15) is 0 Å². The maximum Gasteiger partial charge on any atom is 0.353 e. The number of hydrogen-bond donors (Lipinski definition) is 2. The summed E-state index contributed by atoms with van der Waals surface area (Å²) in [7, 11) is 0. The number of aliphatic carboxylic acids is 1. The topological polar surface area (TPSA) is 88.0 Å². The van der Waals surface area contributed by atoms with Gasteiger partial charge in [0.1, 0.15) is 0 Å². The van der Waals surface area contributed by atoms with Gasteiger partial charge in [0, 0.05) is 10.9 Å². The number of hydrogen-bond acceptors (Lipinski definition) is 4. The number of halogens is 2. The molecule has 1 atom stereocenters. The Kier molecular flexibility index (Phi) is 4.06. The van der Waals surface area contributed by atoms with E-state index in [2.05, 4.69) is 26.4 Å². The van der Waals surface area contributed by atoms with Crippen LogP contribution >= 0.6 is 27.5 Å². The highest BCUT2D eigenvalue weighted by Gasteiger charge is 2.31. The maximum absolute atomic E-state index is 11.9. The number of carboxylic acids is 1. The molecule has 1 heterocycles. The zero-order valence-electron chi connectivity index (χ0n) is 9.39. The summed E-state index contributed by atoms with van der Waals surface area (Å²) in [6.07, 6.45) is -1.03. The summed E-state index contributed by atoms with van der Waals surface area (Å²) >= 11 is 9.18. The summed E-state index contributed by atoms with van der Waals surface area (Å²) in [5, 5.41) is 15.0. The standard InChI is InChI=1S/C11H8BrClN2O4/c12-5-1-2-6(13)7(3-5)14-10(16)9-4-8(11(17)18)15-19-9/h1-3,9H,4H2,(H,14,16)(H,17,18). The van der Waals surface area contributed by atoms with Crippen molar-refractivity contribution < 1.29 is 19.5 Å². The van der Waals surface area contributed by atoms with Gasteiger partial charge < -0.3 is 15.3 Å². The van der Waals surface area contributed by atoms with Crippen LogP contribution in [-0.4, -0.2) is 28.8 Å². The maximum atomic E-state index is 11.9. The van der Waals surface area contributed by atoms with Crippen LogP contribution in [0, 0.1) is 0 Å². The quantitative estimate of drug-likeness (QED) is 0.878. The van der Waals surface area contributed by atoms with E-state index < -0.39 is 18.0 Å². The number of nitrogens with zero attached hydrogens (tertiary/aromatic N) is 1. The number of anilines is 1. The molecule has 1 aliphatic rings. The van der Waals surface area contributed by atoms with Crippen molar-refractivity contribution in [1.82, 2.24) is 0 Å². The number of rotatable bonds is 3. The van der Waals surface area contributed by atoms with E-state index in [-0.39, 0.29) is 12.1 Å². The van der Waals surface area contributed by atoms with E-state index in [0.29, 0.717) is 10.7 Å². The molecule has 6 nitrogen and oxygen atoms in total. The first-order valence-electron chi connectivity index (χ1n) is 5.19. The van der Waals surface area contributed by atoms with Gasteiger partial charge in [-0.25, -0.2) is 4.79 Å². The third-order valence-electron chi connectivity index (χ3n) is 2.39. The third kappa shape index (κ3) is 3.24. The van der Waals surface area contributed by atoms with Gasteiger partial charge in [-0.1, -0.05) is 32.7 Å². The predicted molar refractivity (Wildman–Crippen MR) is 72.3 cm³/mol. The highest BCUT2D eigenvalue weighted by Crippen LogP contribution is 2.26. The molecule has 2 N–H and O–H groups in total. The molecular formula is C11H8BrClN2O4. The zero-order chi connectivity index (χ0) is 14.0. The van der Waals surface area contributed by atoms with Crippen molar-refractivity contribution in [2.75, 3.05) is 5.32 Å².